The Hall–Kier alpha value is 0.125. The van der Waals surface area contributed by atoms with Crippen molar-refractivity contribution in [2.24, 2.45) is 0 Å². The number of carbonyl (C=O) groups excluding carboxylic acids is 1. The minimum absolute atomic E-state index is 0.448. The fraction of sp³-hybridized carbons (Fsp3) is 0.750. The van der Waals surface area contributed by atoms with Gasteiger partial charge in [-0.05, 0) is 14.7 Å². The SMILES string of the molecule is [B]P(C)OCCC=O. The molecule has 0 aromatic heterocycles. The maximum Gasteiger partial charge on any atom is 0.148 e. The van der Waals surface area contributed by atoms with Gasteiger partial charge in [0.15, 0.2) is 0 Å². The van der Waals surface area contributed by atoms with Crippen molar-refractivity contribution in [3.8, 4) is 0 Å². The van der Waals surface area contributed by atoms with Crippen LogP contribution in [0.2, 0.25) is 0 Å². The van der Waals surface area contributed by atoms with E-state index in [0.29, 0.717) is 13.0 Å². The molecular weight excluding hydrogens is 122 g/mol. The summed E-state index contributed by atoms with van der Waals surface area (Å²) in [5.41, 5.74) is 0. The minimum atomic E-state index is -0.771. The van der Waals surface area contributed by atoms with Crippen LogP contribution in [0.25, 0.3) is 0 Å². The third-order valence-corrected chi connectivity index (χ3v) is 1.12. The monoisotopic (exact) mass is 130 g/mol. The van der Waals surface area contributed by atoms with Gasteiger partial charge in [0.2, 0.25) is 0 Å². The van der Waals surface area contributed by atoms with Gasteiger partial charge < -0.3 is 9.32 Å². The zero-order valence-corrected chi connectivity index (χ0v) is 5.73. The highest BCUT2D eigenvalue weighted by Gasteiger charge is 1.88. The summed E-state index contributed by atoms with van der Waals surface area (Å²) in [5.74, 6) is 0. The van der Waals surface area contributed by atoms with Crippen molar-refractivity contribution in [1.29, 1.82) is 0 Å². The van der Waals surface area contributed by atoms with Gasteiger partial charge in [-0.15, -0.1) is 0 Å². The molecule has 0 aliphatic rings. The zero-order chi connectivity index (χ0) is 6.41. The highest BCUT2D eigenvalue weighted by molar-refractivity contribution is 7.77. The maximum atomic E-state index is 9.67. The van der Waals surface area contributed by atoms with E-state index in [1.165, 1.54) is 0 Å². The molecule has 0 rings (SSSR count). The molecule has 0 amide bonds. The Labute approximate surface area is 51.8 Å². The summed E-state index contributed by atoms with van der Waals surface area (Å²) in [5, 5.41) is 0. The molecule has 0 saturated carbocycles. The Bertz CT molecular complexity index is 67.1. The molecule has 8 heavy (non-hydrogen) atoms. The van der Waals surface area contributed by atoms with Crippen LogP contribution in [0.4, 0.5) is 0 Å². The highest BCUT2D eigenvalue weighted by Crippen LogP contribution is 2.23. The molecule has 0 aromatic rings. The van der Waals surface area contributed by atoms with Crippen molar-refractivity contribution in [3.63, 3.8) is 0 Å². The molecule has 0 fully saturated rings. The van der Waals surface area contributed by atoms with Crippen molar-refractivity contribution in [3.05, 3.63) is 0 Å². The first kappa shape index (κ1) is 8.12. The Morgan fingerprint density at radius 3 is 2.88 bits per heavy atom. The minimum Gasteiger partial charge on any atom is -0.370 e. The van der Waals surface area contributed by atoms with E-state index in [0.717, 1.165) is 6.29 Å². The van der Waals surface area contributed by atoms with Gasteiger partial charge in [-0.1, -0.05) is 0 Å². The summed E-state index contributed by atoms with van der Waals surface area (Å²) >= 11 is 0. The Morgan fingerprint density at radius 2 is 2.50 bits per heavy atom. The molecule has 1 atom stereocenters. The van der Waals surface area contributed by atoms with Gasteiger partial charge >= 0.3 is 0 Å². The molecule has 0 bridgehead atoms. The highest BCUT2D eigenvalue weighted by atomic mass is 31.1. The van der Waals surface area contributed by atoms with Crippen LogP contribution in [-0.4, -0.2) is 27.1 Å². The average molecular weight is 130 g/mol. The van der Waals surface area contributed by atoms with E-state index in [1.807, 2.05) is 0 Å². The molecule has 0 aliphatic carbocycles. The van der Waals surface area contributed by atoms with Crippen molar-refractivity contribution < 1.29 is 9.32 Å². The number of aldehydes is 1. The van der Waals surface area contributed by atoms with Crippen molar-refractivity contribution in [1.82, 2.24) is 0 Å². The second-order valence-corrected chi connectivity index (χ2v) is 2.69. The molecule has 1 unspecified atom stereocenters. The zero-order valence-electron chi connectivity index (χ0n) is 4.83. The summed E-state index contributed by atoms with van der Waals surface area (Å²) in [4.78, 5) is 9.67. The largest absolute Gasteiger partial charge is 0.370 e. The van der Waals surface area contributed by atoms with E-state index < -0.39 is 8.03 Å². The number of hydrogen-bond donors (Lipinski definition) is 0. The first-order valence-electron chi connectivity index (χ1n) is 2.32. The van der Waals surface area contributed by atoms with Crippen LogP contribution < -0.4 is 0 Å². The predicted molar refractivity (Wildman–Crippen MR) is 35.2 cm³/mol. The van der Waals surface area contributed by atoms with Crippen molar-refractivity contribution in [2.75, 3.05) is 13.3 Å². The van der Waals surface area contributed by atoms with Crippen LogP contribution in [0, 0.1) is 0 Å². The van der Waals surface area contributed by atoms with Gasteiger partial charge in [0, 0.05) is 6.42 Å². The molecule has 4 heteroatoms. The Balaban J connectivity index is 2.81. The van der Waals surface area contributed by atoms with Gasteiger partial charge in [-0.25, -0.2) is 0 Å². The summed E-state index contributed by atoms with van der Waals surface area (Å²) in [6.07, 6.45) is 1.27. The van der Waals surface area contributed by atoms with E-state index in [4.69, 9.17) is 12.1 Å². The molecule has 0 N–H and O–H groups in total. The molecule has 0 heterocycles. The number of carbonyl (C=O) groups is 1. The average Bonchev–Trinajstić information content (AvgIpc) is 1.66. The van der Waals surface area contributed by atoms with Crippen molar-refractivity contribution in [2.45, 2.75) is 6.42 Å². The van der Waals surface area contributed by atoms with Crippen LogP contribution in [0.15, 0.2) is 0 Å². The molecule has 0 aliphatic heterocycles. The molecule has 0 saturated heterocycles. The molecule has 2 nitrogen and oxygen atoms in total. The summed E-state index contributed by atoms with van der Waals surface area (Å²) in [6.45, 7) is 2.25. The van der Waals surface area contributed by atoms with Gasteiger partial charge in [0.25, 0.3) is 0 Å². The third kappa shape index (κ3) is 6.12. The van der Waals surface area contributed by atoms with E-state index in [9.17, 15) is 4.79 Å². The first-order valence-corrected chi connectivity index (χ1v) is 4.10. The Kier molecular flexibility index (Phi) is 5.35. The quantitative estimate of drug-likeness (QED) is 0.242. The van der Waals surface area contributed by atoms with E-state index in [2.05, 4.69) is 0 Å². The lowest BCUT2D eigenvalue weighted by molar-refractivity contribution is -0.108. The first-order chi connectivity index (χ1) is 3.77. The lowest BCUT2D eigenvalue weighted by atomic mass is 10.5. The van der Waals surface area contributed by atoms with E-state index >= 15 is 0 Å². The molecule has 0 aromatic carbocycles. The number of rotatable bonds is 4. The molecule has 44 valence electrons. The van der Waals surface area contributed by atoms with Gasteiger partial charge in [0.1, 0.15) is 13.9 Å². The molecular formula is C4H8BO2P. The van der Waals surface area contributed by atoms with E-state index in [-0.39, 0.29) is 0 Å². The summed E-state index contributed by atoms with van der Waals surface area (Å²) in [6, 6.07) is 0. The topological polar surface area (TPSA) is 26.3 Å². The van der Waals surface area contributed by atoms with Crippen molar-refractivity contribution >= 4 is 21.9 Å². The van der Waals surface area contributed by atoms with Crippen LogP contribution >= 0.6 is 8.03 Å². The summed E-state index contributed by atoms with van der Waals surface area (Å²) < 4.78 is 4.89. The fourth-order valence-corrected chi connectivity index (χ4v) is 0.638. The van der Waals surface area contributed by atoms with Gasteiger partial charge in [-0.2, -0.15) is 0 Å². The van der Waals surface area contributed by atoms with Crippen LogP contribution in [0.3, 0.4) is 0 Å². The fourth-order valence-electron chi connectivity index (χ4n) is 0.245. The summed E-state index contributed by atoms with van der Waals surface area (Å²) in [7, 11) is 4.49. The van der Waals surface area contributed by atoms with Crippen LogP contribution in [0.5, 0.6) is 0 Å². The smallest absolute Gasteiger partial charge is 0.148 e. The van der Waals surface area contributed by atoms with Gasteiger partial charge in [0.05, 0.1) is 6.61 Å². The van der Waals surface area contributed by atoms with Gasteiger partial charge in [-0.3, -0.25) is 0 Å². The van der Waals surface area contributed by atoms with E-state index in [1.54, 1.807) is 6.66 Å². The Morgan fingerprint density at radius 1 is 1.88 bits per heavy atom. The lowest BCUT2D eigenvalue weighted by Gasteiger charge is -2.03. The lowest BCUT2D eigenvalue weighted by Crippen LogP contribution is -1.88. The predicted octanol–water partition coefficient (Wildman–Crippen LogP) is 0.702. The second-order valence-electron chi connectivity index (χ2n) is 1.33. The third-order valence-electron chi connectivity index (χ3n) is 0.531. The second kappa shape index (κ2) is 5.27. The normalized spacial score (nSPS) is 13.1. The standard InChI is InChI=1S/C4H8BO2P/c1-8(5)7-4-2-3-6/h3H,2,4H2,1H3. The maximum absolute atomic E-state index is 9.67. The molecule has 2 radical (unpaired) electrons. The number of hydrogen-bond acceptors (Lipinski definition) is 2. The van der Waals surface area contributed by atoms with Crippen LogP contribution in [-0.2, 0) is 9.32 Å². The molecule has 0 spiro atoms. The van der Waals surface area contributed by atoms with Crippen LogP contribution in [0.1, 0.15) is 6.42 Å².